The van der Waals surface area contributed by atoms with Crippen molar-refractivity contribution < 1.29 is 4.74 Å². The van der Waals surface area contributed by atoms with E-state index in [-0.39, 0.29) is 0 Å². The van der Waals surface area contributed by atoms with Gasteiger partial charge in [-0.25, -0.2) is 4.98 Å². The minimum Gasteiger partial charge on any atom is -0.486 e. The first-order valence-electron chi connectivity index (χ1n) is 9.88. The van der Waals surface area contributed by atoms with E-state index < -0.39 is 0 Å². The Morgan fingerprint density at radius 1 is 1.07 bits per heavy atom. The van der Waals surface area contributed by atoms with Crippen molar-refractivity contribution >= 4 is 23.1 Å². The fraction of sp³-hybridized carbons (Fsp3) is 0.261. The summed E-state index contributed by atoms with van der Waals surface area (Å²) in [4.78, 5) is 4.82. The van der Waals surface area contributed by atoms with E-state index in [1.54, 1.807) is 23.1 Å². The lowest BCUT2D eigenvalue weighted by molar-refractivity contribution is 0.288. The second kappa shape index (κ2) is 9.45. The molecule has 2 aromatic carbocycles. The lowest BCUT2D eigenvalue weighted by Crippen LogP contribution is -2.07. The quantitative estimate of drug-likeness (QED) is 0.321. The van der Waals surface area contributed by atoms with Crippen molar-refractivity contribution in [3.8, 4) is 16.3 Å². The maximum absolute atomic E-state index is 5.91. The molecule has 0 spiro atoms. The average molecular weight is 437 g/mol. The monoisotopic (exact) mass is 436 g/mol. The maximum Gasteiger partial charge on any atom is 0.191 e. The van der Waals surface area contributed by atoms with Gasteiger partial charge in [0.15, 0.2) is 11.0 Å². The number of rotatable bonds is 8. The molecule has 0 bridgehead atoms. The summed E-state index contributed by atoms with van der Waals surface area (Å²) in [7, 11) is 0. The van der Waals surface area contributed by atoms with Crippen LogP contribution in [0.15, 0.2) is 59.1 Å². The van der Waals surface area contributed by atoms with Gasteiger partial charge >= 0.3 is 0 Å². The first kappa shape index (κ1) is 20.6. The van der Waals surface area contributed by atoms with Gasteiger partial charge in [-0.15, -0.1) is 21.5 Å². The smallest absolute Gasteiger partial charge is 0.191 e. The van der Waals surface area contributed by atoms with Gasteiger partial charge in [0.2, 0.25) is 0 Å². The van der Waals surface area contributed by atoms with Crippen LogP contribution in [0, 0.1) is 13.8 Å². The predicted molar refractivity (Wildman–Crippen MR) is 123 cm³/mol. The number of hydrogen-bond donors (Lipinski definition) is 0. The van der Waals surface area contributed by atoms with Crippen LogP contribution < -0.4 is 4.74 Å². The Hall–Kier alpha value is -2.64. The van der Waals surface area contributed by atoms with Crippen LogP contribution in [-0.4, -0.2) is 19.7 Å². The Kier molecular flexibility index (Phi) is 6.50. The summed E-state index contributed by atoms with van der Waals surface area (Å²) in [6.45, 7) is 7.48. The highest BCUT2D eigenvalue weighted by Crippen LogP contribution is 2.29. The molecule has 0 fully saturated rings. The van der Waals surface area contributed by atoms with Gasteiger partial charge in [0.1, 0.15) is 17.4 Å². The molecule has 7 heteroatoms. The van der Waals surface area contributed by atoms with E-state index in [9.17, 15) is 0 Å². The molecule has 0 amide bonds. The fourth-order valence-corrected chi connectivity index (χ4v) is 5.08. The second-order valence-electron chi connectivity index (χ2n) is 7.00. The number of ether oxygens (including phenoxy) is 1. The molecule has 0 N–H and O–H groups in total. The van der Waals surface area contributed by atoms with Crippen molar-refractivity contribution in [3.63, 3.8) is 0 Å². The molecule has 154 valence electrons. The maximum atomic E-state index is 5.91. The van der Waals surface area contributed by atoms with E-state index in [2.05, 4.69) is 71.2 Å². The van der Waals surface area contributed by atoms with Crippen molar-refractivity contribution in [2.75, 3.05) is 0 Å². The number of benzene rings is 2. The highest BCUT2D eigenvalue weighted by molar-refractivity contribution is 7.98. The highest BCUT2D eigenvalue weighted by Gasteiger charge is 2.14. The van der Waals surface area contributed by atoms with Gasteiger partial charge < -0.3 is 9.30 Å². The van der Waals surface area contributed by atoms with Crippen LogP contribution in [0.25, 0.3) is 10.6 Å². The molecule has 0 aliphatic carbocycles. The van der Waals surface area contributed by atoms with Crippen LogP contribution in [0.2, 0.25) is 0 Å². The van der Waals surface area contributed by atoms with Crippen LogP contribution in [-0.2, 0) is 18.9 Å². The first-order chi connectivity index (χ1) is 14.6. The Bertz CT molecular complexity index is 1140. The summed E-state index contributed by atoms with van der Waals surface area (Å²) in [6, 6.07) is 16.4. The summed E-state index contributed by atoms with van der Waals surface area (Å²) in [5.74, 6) is 2.45. The molecule has 0 atom stereocenters. The van der Waals surface area contributed by atoms with Gasteiger partial charge in [-0.05, 0) is 44.0 Å². The summed E-state index contributed by atoms with van der Waals surface area (Å²) >= 11 is 3.35. The van der Waals surface area contributed by atoms with E-state index in [1.165, 1.54) is 16.7 Å². The molecule has 0 unspecified atom stereocenters. The van der Waals surface area contributed by atoms with Crippen LogP contribution in [0.1, 0.15) is 29.6 Å². The van der Waals surface area contributed by atoms with Crippen LogP contribution >= 0.6 is 23.1 Å². The van der Waals surface area contributed by atoms with Gasteiger partial charge in [0.25, 0.3) is 0 Å². The van der Waals surface area contributed by atoms with Crippen molar-refractivity contribution in [2.45, 2.75) is 44.8 Å². The van der Waals surface area contributed by atoms with Crippen molar-refractivity contribution in [3.05, 3.63) is 76.6 Å². The lowest BCUT2D eigenvalue weighted by Gasteiger charge is -2.09. The molecule has 2 heterocycles. The van der Waals surface area contributed by atoms with E-state index in [4.69, 9.17) is 9.72 Å². The fourth-order valence-electron chi connectivity index (χ4n) is 3.15. The van der Waals surface area contributed by atoms with Crippen LogP contribution in [0.5, 0.6) is 5.75 Å². The van der Waals surface area contributed by atoms with Crippen molar-refractivity contribution in [1.82, 2.24) is 19.7 Å². The van der Waals surface area contributed by atoms with Gasteiger partial charge in [-0.1, -0.05) is 48.2 Å². The molecule has 4 rings (SSSR count). The zero-order valence-corrected chi connectivity index (χ0v) is 19.0. The number of hydrogen-bond acceptors (Lipinski definition) is 6. The van der Waals surface area contributed by atoms with E-state index in [1.807, 2.05) is 18.2 Å². The molecule has 0 radical (unpaired) electrons. The Labute approximate surface area is 185 Å². The molecule has 5 nitrogen and oxygen atoms in total. The standard InChI is InChI=1S/C23H24N4OS2/c1-4-27-21(13-28-19-10-7-8-16(2)12-19)25-26-23(27)30-15-18-14-29-22(24-18)20-11-6-5-9-17(20)3/h5-12,14H,4,13,15H2,1-3H3. The van der Waals surface area contributed by atoms with E-state index in [0.717, 1.165) is 39.7 Å². The van der Waals surface area contributed by atoms with Gasteiger partial charge in [0.05, 0.1) is 5.69 Å². The number of nitrogens with zero attached hydrogens (tertiary/aromatic N) is 4. The van der Waals surface area contributed by atoms with E-state index >= 15 is 0 Å². The molecular formula is C23H24N4OS2. The molecule has 0 saturated carbocycles. The summed E-state index contributed by atoms with van der Waals surface area (Å²) in [6.07, 6.45) is 0. The third kappa shape index (κ3) is 4.74. The van der Waals surface area contributed by atoms with Gasteiger partial charge in [-0.2, -0.15) is 0 Å². The van der Waals surface area contributed by atoms with Crippen molar-refractivity contribution in [1.29, 1.82) is 0 Å². The number of aryl methyl sites for hydroxylation is 2. The Morgan fingerprint density at radius 3 is 2.73 bits per heavy atom. The van der Waals surface area contributed by atoms with Crippen molar-refractivity contribution in [2.24, 2.45) is 0 Å². The highest BCUT2D eigenvalue weighted by atomic mass is 32.2. The normalized spacial score (nSPS) is 11.0. The number of thioether (sulfide) groups is 1. The number of aromatic nitrogens is 4. The summed E-state index contributed by atoms with van der Waals surface area (Å²) in [5.41, 5.74) is 4.68. The summed E-state index contributed by atoms with van der Waals surface area (Å²) in [5, 5.41) is 12.8. The molecule has 30 heavy (non-hydrogen) atoms. The molecule has 4 aromatic rings. The molecule has 0 aliphatic heterocycles. The zero-order chi connectivity index (χ0) is 20.9. The third-order valence-electron chi connectivity index (χ3n) is 4.74. The molecule has 2 aromatic heterocycles. The predicted octanol–water partition coefficient (Wildman–Crippen LogP) is 5.91. The van der Waals surface area contributed by atoms with Gasteiger partial charge in [-0.3, -0.25) is 0 Å². The Morgan fingerprint density at radius 2 is 1.93 bits per heavy atom. The molecular weight excluding hydrogens is 412 g/mol. The zero-order valence-electron chi connectivity index (χ0n) is 17.3. The topological polar surface area (TPSA) is 52.8 Å². The van der Waals surface area contributed by atoms with E-state index in [0.29, 0.717) is 6.61 Å². The third-order valence-corrected chi connectivity index (χ3v) is 6.67. The lowest BCUT2D eigenvalue weighted by atomic mass is 10.1. The minimum atomic E-state index is 0.402. The van der Waals surface area contributed by atoms with Crippen LogP contribution in [0.3, 0.4) is 0 Å². The van der Waals surface area contributed by atoms with Crippen LogP contribution in [0.4, 0.5) is 0 Å². The second-order valence-corrected chi connectivity index (χ2v) is 8.80. The van der Waals surface area contributed by atoms with Gasteiger partial charge in [0, 0.05) is 23.2 Å². The average Bonchev–Trinajstić information content (AvgIpc) is 3.37. The summed E-state index contributed by atoms with van der Waals surface area (Å²) < 4.78 is 8.02. The SMILES string of the molecule is CCn1c(COc2cccc(C)c2)nnc1SCc1csc(-c2ccccc2C)n1. The minimum absolute atomic E-state index is 0.402. The molecule has 0 saturated heterocycles. The first-order valence-corrected chi connectivity index (χ1v) is 11.8. The largest absolute Gasteiger partial charge is 0.486 e. The Balaban J connectivity index is 1.41. The number of thiazole rings is 1. The molecule has 0 aliphatic rings.